The van der Waals surface area contributed by atoms with Crippen LogP contribution in [0.3, 0.4) is 0 Å². The van der Waals surface area contributed by atoms with Crippen molar-refractivity contribution in [3.63, 3.8) is 0 Å². The first kappa shape index (κ1) is 16.6. The van der Waals surface area contributed by atoms with Crippen LogP contribution in [0.5, 0.6) is 0 Å². The smallest absolute Gasteiger partial charge is 0.269 e. The second-order valence-corrected chi connectivity index (χ2v) is 6.03. The highest BCUT2D eigenvalue weighted by Gasteiger charge is 2.08. The Morgan fingerprint density at radius 1 is 1.08 bits per heavy atom. The molecule has 0 unspecified atom stereocenters. The van der Waals surface area contributed by atoms with E-state index in [1.54, 1.807) is 48.8 Å². The van der Waals surface area contributed by atoms with Crippen LogP contribution < -0.4 is 5.32 Å². The largest absolute Gasteiger partial charge is 0.321 e. The number of nitrogens with zero attached hydrogens (tertiary/aromatic N) is 3. The van der Waals surface area contributed by atoms with E-state index >= 15 is 0 Å². The first-order valence-electron chi connectivity index (χ1n) is 7.21. The van der Waals surface area contributed by atoms with Gasteiger partial charge in [0, 0.05) is 29.4 Å². The Morgan fingerprint density at radius 2 is 1.88 bits per heavy atom. The number of carbonyl (C=O) groups is 1. The van der Waals surface area contributed by atoms with Crippen LogP contribution in [-0.2, 0) is 0 Å². The highest BCUT2D eigenvalue weighted by atomic mass is 32.2. The summed E-state index contributed by atoms with van der Waals surface area (Å²) in [4.78, 5) is 31.3. The molecule has 2 aromatic heterocycles. The fourth-order valence-corrected chi connectivity index (χ4v) is 2.73. The topological polar surface area (TPSA) is 98.0 Å². The SMILES string of the molecule is O=C(Nc1cccnc1)c1ccc(Sc2ccc([N+](=O)[O-])cc2)nc1. The van der Waals surface area contributed by atoms with E-state index in [0.29, 0.717) is 16.3 Å². The monoisotopic (exact) mass is 352 g/mol. The molecule has 1 aromatic carbocycles. The van der Waals surface area contributed by atoms with Gasteiger partial charge in [-0.05, 0) is 36.4 Å². The fraction of sp³-hybridized carbons (Fsp3) is 0. The maximum Gasteiger partial charge on any atom is 0.269 e. The second kappa shape index (κ2) is 7.54. The molecule has 1 amide bonds. The van der Waals surface area contributed by atoms with Gasteiger partial charge >= 0.3 is 0 Å². The van der Waals surface area contributed by atoms with Crippen molar-refractivity contribution in [3.05, 3.63) is 82.8 Å². The molecule has 124 valence electrons. The Kier molecular flexibility index (Phi) is 5.00. The highest BCUT2D eigenvalue weighted by molar-refractivity contribution is 7.99. The van der Waals surface area contributed by atoms with Gasteiger partial charge in [0.05, 0.1) is 22.4 Å². The lowest BCUT2D eigenvalue weighted by molar-refractivity contribution is -0.384. The minimum absolute atomic E-state index is 0.0414. The Balaban J connectivity index is 1.65. The van der Waals surface area contributed by atoms with E-state index in [2.05, 4.69) is 15.3 Å². The summed E-state index contributed by atoms with van der Waals surface area (Å²) in [6.45, 7) is 0. The van der Waals surface area contributed by atoms with Gasteiger partial charge in [-0.15, -0.1) is 0 Å². The number of rotatable bonds is 5. The zero-order chi connectivity index (χ0) is 17.6. The third-order valence-electron chi connectivity index (χ3n) is 3.19. The van der Waals surface area contributed by atoms with Gasteiger partial charge in [-0.2, -0.15) is 0 Å². The van der Waals surface area contributed by atoms with Crippen LogP contribution >= 0.6 is 11.8 Å². The molecule has 0 fully saturated rings. The van der Waals surface area contributed by atoms with E-state index in [0.717, 1.165) is 4.90 Å². The predicted octanol–water partition coefficient (Wildman–Crippen LogP) is 3.79. The minimum atomic E-state index is -0.442. The Bertz CT molecular complexity index is 884. The summed E-state index contributed by atoms with van der Waals surface area (Å²) in [6, 6.07) is 13.1. The predicted molar refractivity (Wildman–Crippen MR) is 93.6 cm³/mol. The van der Waals surface area contributed by atoms with Gasteiger partial charge in [0.15, 0.2) is 0 Å². The third kappa shape index (κ3) is 4.39. The third-order valence-corrected chi connectivity index (χ3v) is 4.15. The van der Waals surface area contributed by atoms with Gasteiger partial charge < -0.3 is 5.32 Å². The standard InChI is InChI=1S/C17H12N4O3S/c22-17(20-13-2-1-9-18-11-13)12-3-8-16(19-10-12)25-15-6-4-14(5-7-15)21(23)24/h1-11H,(H,20,22). The molecule has 0 atom stereocenters. The number of pyridine rings is 2. The van der Waals surface area contributed by atoms with Crippen molar-refractivity contribution in [2.45, 2.75) is 9.92 Å². The lowest BCUT2D eigenvalue weighted by Gasteiger charge is -2.05. The fourth-order valence-electron chi connectivity index (χ4n) is 1.97. The molecule has 25 heavy (non-hydrogen) atoms. The number of carbonyl (C=O) groups excluding carboxylic acids is 1. The maximum absolute atomic E-state index is 12.1. The first-order valence-corrected chi connectivity index (χ1v) is 8.03. The highest BCUT2D eigenvalue weighted by Crippen LogP contribution is 2.27. The van der Waals surface area contributed by atoms with Gasteiger partial charge in [0.2, 0.25) is 0 Å². The minimum Gasteiger partial charge on any atom is -0.321 e. The molecule has 0 aliphatic carbocycles. The number of anilines is 1. The van der Waals surface area contributed by atoms with E-state index in [1.165, 1.54) is 30.1 Å². The lowest BCUT2D eigenvalue weighted by Crippen LogP contribution is -2.12. The number of hydrogen-bond acceptors (Lipinski definition) is 6. The summed E-state index contributed by atoms with van der Waals surface area (Å²) in [5.74, 6) is -0.271. The van der Waals surface area contributed by atoms with Crippen LogP contribution in [0.4, 0.5) is 11.4 Å². The molecule has 0 aliphatic heterocycles. The first-order chi connectivity index (χ1) is 12.1. The van der Waals surface area contributed by atoms with Crippen LogP contribution in [-0.4, -0.2) is 20.8 Å². The molecule has 0 spiro atoms. The second-order valence-electron chi connectivity index (χ2n) is 4.93. The number of amides is 1. The van der Waals surface area contributed by atoms with E-state index in [-0.39, 0.29) is 11.6 Å². The van der Waals surface area contributed by atoms with Gasteiger partial charge in [-0.3, -0.25) is 19.9 Å². The van der Waals surface area contributed by atoms with Crippen LogP contribution in [0, 0.1) is 10.1 Å². The Labute approximate surface area is 147 Å². The molecule has 0 saturated carbocycles. The summed E-state index contributed by atoms with van der Waals surface area (Å²) >= 11 is 1.36. The van der Waals surface area contributed by atoms with Crippen molar-refractivity contribution < 1.29 is 9.72 Å². The number of nitro benzene ring substituents is 1. The molecule has 0 saturated heterocycles. The average molecular weight is 352 g/mol. The lowest BCUT2D eigenvalue weighted by atomic mass is 10.2. The summed E-state index contributed by atoms with van der Waals surface area (Å²) in [7, 11) is 0. The van der Waals surface area contributed by atoms with Crippen LogP contribution in [0.1, 0.15) is 10.4 Å². The van der Waals surface area contributed by atoms with Crippen LogP contribution in [0.2, 0.25) is 0 Å². The number of hydrogen-bond donors (Lipinski definition) is 1. The molecule has 1 N–H and O–H groups in total. The molecule has 8 heteroatoms. The Morgan fingerprint density at radius 3 is 2.48 bits per heavy atom. The Hall–Kier alpha value is -3.26. The van der Waals surface area contributed by atoms with Crippen molar-refractivity contribution in [2.24, 2.45) is 0 Å². The molecule has 0 aliphatic rings. The van der Waals surface area contributed by atoms with E-state index in [1.807, 2.05) is 0 Å². The van der Waals surface area contributed by atoms with Crippen molar-refractivity contribution in [1.82, 2.24) is 9.97 Å². The molecule has 3 rings (SSSR count). The van der Waals surface area contributed by atoms with Crippen molar-refractivity contribution in [2.75, 3.05) is 5.32 Å². The van der Waals surface area contributed by atoms with Crippen molar-refractivity contribution in [3.8, 4) is 0 Å². The number of aromatic nitrogens is 2. The van der Waals surface area contributed by atoms with Gasteiger partial charge in [-0.1, -0.05) is 11.8 Å². The van der Waals surface area contributed by atoms with Gasteiger partial charge in [0.25, 0.3) is 11.6 Å². The van der Waals surface area contributed by atoms with E-state index in [4.69, 9.17) is 0 Å². The maximum atomic E-state index is 12.1. The molecule has 0 bridgehead atoms. The van der Waals surface area contributed by atoms with Crippen LogP contribution in [0.25, 0.3) is 0 Å². The molecule has 3 aromatic rings. The number of benzene rings is 1. The van der Waals surface area contributed by atoms with Crippen LogP contribution in [0.15, 0.2) is 77.0 Å². The molecule has 7 nitrogen and oxygen atoms in total. The molecular formula is C17H12N4O3S. The summed E-state index contributed by atoms with van der Waals surface area (Å²) < 4.78 is 0. The quantitative estimate of drug-likeness (QED) is 0.554. The molecule has 0 radical (unpaired) electrons. The number of nitro groups is 1. The number of non-ortho nitro benzene ring substituents is 1. The average Bonchev–Trinajstić information content (AvgIpc) is 2.63. The zero-order valence-electron chi connectivity index (χ0n) is 12.8. The van der Waals surface area contributed by atoms with Gasteiger partial charge in [0.1, 0.15) is 5.03 Å². The van der Waals surface area contributed by atoms with Gasteiger partial charge in [-0.25, -0.2) is 4.98 Å². The van der Waals surface area contributed by atoms with E-state index < -0.39 is 4.92 Å². The van der Waals surface area contributed by atoms with E-state index in [9.17, 15) is 14.9 Å². The van der Waals surface area contributed by atoms with Crippen molar-refractivity contribution >= 4 is 29.0 Å². The van der Waals surface area contributed by atoms with Crippen molar-refractivity contribution in [1.29, 1.82) is 0 Å². The summed E-state index contributed by atoms with van der Waals surface area (Å²) in [5, 5.41) is 14.1. The zero-order valence-corrected chi connectivity index (χ0v) is 13.6. The summed E-state index contributed by atoms with van der Waals surface area (Å²) in [5.41, 5.74) is 1.08. The molecular weight excluding hydrogens is 340 g/mol. The normalized spacial score (nSPS) is 10.2. The summed E-state index contributed by atoms with van der Waals surface area (Å²) in [6.07, 6.45) is 4.67. The number of nitrogens with one attached hydrogen (secondary N) is 1. The molecule has 2 heterocycles.